The molecule has 0 aliphatic heterocycles. The second-order valence-corrected chi connectivity index (χ2v) is 6.80. The molecular formula is C11H14BrFN2O3S. The van der Waals surface area contributed by atoms with Gasteiger partial charge in [-0.25, -0.2) is 17.9 Å². The van der Waals surface area contributed by atoms with E-state index in [1.54, 1.807) is 0 Å². The molecule has 0 unspecified atom stereocenters. The SMILES string of the molecule is CC(C)CNC(=O)c1cc(S(N)(=O)=O)c(Br)cc1F. The maximum atomic E-state index is 13.7. The quantitative estimate of drug-likeness (QED) is 0.862. The van der Waals surface area contributed by atoms with Crippen molar-refractivity contribution in [3.8, 4) is 0 Å². The summed E-state index contributed by atoms with van der Waals surface area (Å²) in [6, 6.07) is 1.83. The van der Waals surface area contributed by atoms with Gasteiger partial charge in [-0.2, -0.15) is 0 Å². The van der Waals surface area contributed by atoms with Crippen LogP contribution in [0.1, 0.15) is 24.2 Å². The summed E-state index contributed by atoms with van der Waals surface area (Å²) in [6.45, 7) is 4.13. The highest BCUT2D eigenvalue weighted by Gasteiger charge is 2.20. The third kappa shape index (κ3) is 4.26. The lowest BCUT2D eigenvalue weighted by atomic mass is 10.1. The molecule has 106 valence electrons. The van der Waals surface area contributed by atoms with E-state index in [1.165, 1.54) is 0 Å². The van der Waals surface area contributed by atoms with Gasteiger partial charge in [-0.05, 0) is 34.0 Å². The zero-order valence-electron chi connectivity index (χ0n) is 10.4. The zero-order valence-corrected chi connectivity index (χ0v) is 12.8. The van der Waals surface area contributed by atoms with Crippen molar-refractivity contribution < 1.29 is 17.6 Å². The van der Waals surface area contributed by atoms with E-state index < -0.39 is 21.7 Å². The second kappa shape index (κ2) is 5.98. The van der Waals surface area contributed by atoms with E-state index in [-0.39, 0.29) is 20.8 Å². The largest absolute Gasteiger partial charge is 0.352 e. The van der Waals surface area contributed by atoms with Crippen LogP contribution < -0.4 is 10.5 Å². The summed E-state index contributed by atoms with van der Waals surface area (Å²) in [5, 5.41) is 7.49. The maximum Gasteiger partial charge on any atom is 0.254 e. The fraction of sp³-hybridized carbons (Fsp3) is 0.364. The molecule has 1 rings (SSSR count). The van der Waals surface area contributed by atoms with E-state index in [9.17, 15) is 17.6 Å². The van der Waals surface area contributed by atoms with Crippen molar-refractivity contribution in [2.75, 3.05) is 6.54 Å². The molecule has 0 heterocycles. The van der Waals surface area contributed by atoms with Crippen molar-refractivity contribution in [1.82, 2.24) is 5.32 Å². The Hall–Kier alpha value is -0.990. The van der Waals surface area contributed by atoms with E-state index in [1.807, 2.05) is 13.8 Å². The van der Waals surface area contributed by atoms with Gasteiger partial charge >= 0.3 is 0 Å². The first kappa shape index (κ1) is 16.1. The van der Waals surface area contributed by atoms with Gasteiger partial charge < -0.3 is 5.32 Å². The number of carbonyl (C=O) groups excluding carboxylic acids is 1. The highest BCUT2D eigenvalue weighted by atomic mass is 79.9. The molecular weight excluding hydrogens is 339 g/mol. The van der Waals surface area contributed by atoms with Crippen LogP contribution in [0.15, 0.2) is 21.5 Å². The fourth-order valence-electron chi connectivity index (χ4n) is 1.31. The molecule has 0 bridgehead atoms. The van der Waals surface area contributed by atoms with Gasteiger partial charge in [-0.15, -0.1) is 0 Å². The number of sulfonamides is 1. The first-order valence-corrected chi connectivity index (χ1v) is 7.77. The number of hydrogen-bond donors (Lipinski definition) is 2. The lowest BCUT2D eigenvalue weighted by molar-refractivity contribution is 0.0944. The molecule has 0 fully saturated rings. The van der Waals surface area contributed by atoms with Crippen LogP contribution in [0.2, 0.25) is 0 Å². The molecule has 0 saturated heterocycles. The average molecular weight is 353 g/mol. The molecule has 8 heteroatoms. The van der Waals surface area contributed by atoms with Crippen LogP contribution in [0.4, 0.5) is 4.39 Å². The predicted octanol–water partition coefficient (Wildman–Crippen LogP) is 1.62. The number of nitrogens with one attached hydrogen (secondary N) is 1. The first-order chi connectivity index (χ1) is 8.62. The van der Waals surface area contributed by atoms with Gasteiger partial charge in [0.1, 0.15) is 5.82 Å². The lowest BCUT2D eigenvalue weighted by Gasteiger charge is -2.10. The van der Waals surface area contributed by atoms with E-state index in [2.05, 4.69) is 21.2 Å². The van der Waals surface area contributed by atoms with Gasteiger partial charge in [-0.1, -0.05) is 13.8 Å². The Bertz CT molecular complexity index is 602. The molecule has 0 atom stereocenters. The molecule has 0 aliphatic carbocycles. The number of hydrogen-bond acceptors (Lipinski definition) is 3. The third-order valence-electron chi connectivity index (χ3n) is 2.24. The van der Waals surface area contributed by atoms with Crippen molar-refractivity contribution in [3.63, 3.8) is 0 Å². The van der Waals surface area contributed by atoms with Gasteiger partial charge in [-0.3, -0.25) is 4.79 Å². The second-order valence-electron chi connectivity index (χ2n) is 4.41. The topological polar surface area (TPSA) is 89.3 Å². The fourth-order valence-corrected chi connectivity index (χ4v) is 2.92. The van der Waals surface area contributed by atoms with Crippen LogP contribution in [0.25, 0.3) is 0 Å². The summed E-state index contributed by atoms with van der Waals surface area (Å²) in [6.07, 6.45) is 0. The van der Waals surface area contributed by atoms with Crippen LogP contribution >= 0.6 is 15.9 Å². The molecule has 0 aliphatic rings. The standard InChI is InChI=1S/C11H14BrFN2O3S/c1-6(2)5-15-11(16)7-3-10(19(14,17)18)8(12)4-9(7)13/h3-4,6H,5H2,1-2H3,(H,15,16)(H2,14,17,18). The molecule has 5 nitrogen and oxygen atoms in total. The first-order valence-electron chi connectivity index (χ1n) is 5.43. The normalized spacial score (nSPS) is 11.7. The average Bonchev–Trinajstić information content (AvgIpc) is 2.24. The van der Waals surface area contributed by atoms with Crippen LogP contribution in [0.3, 0.4) is 0 Å². The maximum absolute atomic E-state index is 13.7. The highest BCUT2D eigenvalue weighted by Crippen LogP contribution is 2.24. The van der Waals surface area contributed by atoms with E-state index in [4.69, 9.17) is 5.14 Å². The number of halogens is 2. The molecule has 1 amide bonds. The Morgan fingerprint density at radius 2 is 2.05 bits per heavy atom. The number of amides is 1. The monoisotopic (exact) mass is 352 g/mol. The minimum absolute atomic E-state index is 0.0205. The van der Waals surface area contributed by atoms with Crippen LogP contribution in [0, 0.1) is 11.7 Å². The highest BCUT2D eigenvalue weighted by molar-refractivity contribution is 9.10. The van der Waals surface area contributed by atoms with E-state index in [0.29, 0.717) is 6.54 Å². The predicted molar refractivity (Wildman–Crippen MR) is 72.6 cm³/mol. The molecule has 1 aromatic rings. The summed E-state index contributed by atoms with van der Waals surface area (Å²) >= 11 is 2.90. The molecule has 19 heavy (non-hydrogen) atoms. The molecule has 3 N–H and O–H groups in total. The Morgan fingerprint density at radius 3 is 2.53 bits per heavy atom. The summed E-state index contributed by atoms with van der Waals surface area (Å²) in [7, 11) is -4.03. The van der Waals surface area contributed by atoms with E-state index >= 15 is 0 Å². The Morgan fingerprint density at radius 1 is 1.47 bits per heavy atom. The van der Waals surface area contributed by atoms with Crippen LogP contribution in [0.5, 0.6) is 0 Å². The summed E-state index contributed by atoms with van der Waals surface area (Å²) < 4.78 is 36.2. The zero-order chi connectivity index (χ0) is 14.8. The van der Waals surface area contributed by atoms with E-state index in [0.717, 1.165) is 12.1 Å². The smallest absolute Gasteiger partial charge is 0.254 e. The number of nitrogens with two attached hydrogens (primary N) is 1. The molecule has 0 aromatic heterocycles. The molecule has 0 spiro atoms. The number of benzene rings is 1. The molecule has 1 aromatic carbocycles. The minimum Gasteiger partial charge on any atom is -0.352 e. The lowest BCUT2D eigenvalue weighted by Crippen LogP contribution is -2.28. The molecule has 0 radical (unpaired) electrons. The van der Waals surface area contributed by atoms with Gasteiger partial charge in [0.15, 0.2) is 0 Å². The summed E-state index contributed by atoms with van der Waals surface area (Å²) in [4.78, 5) is 11.4. The third-order valence-corrected chi connectivity index (χ3v) is 4.11. The molecule has 0 saturated carbocycles. The Balaban J connectivity index is 3.19. The number of rotatable bonds is 4. The summed E-state index contributed by atoms with van der Waals surface area (Å²) in [5.41, 5.74) is -0.354. The van der Waals surface area contributed by atoms with Gasteiger partial charge in [0.2, 0.25) is 10.0 Å². The van der Waals surface area contributed by atoms with Gasteiger partial charge in [0.25, 0.3) is 5.91 Å². The van der Waals surface area contributed by atoms with Crippen molar-refractivity contribution in [2.45, 2.75) is 18.7 Å². The minimum atomic E-state index is -4.03. The van der Waals surface area contributed by atoms with Crippen molar-refractivity contribution >= 4 is 31.9 Å². The number of carbonyl (C=O) groups is 1. The number of primary sulfonamides is 1. The van der Waals surface area contributed by atoms with Crippen molar-refractivity contribution in [3.05, 3.63) is 28.0 Å². The van der Waals surface area contributed by atoms with Crippen molar-refractivity contribution in [1.29, 1.82) is 0 Å². The Kier molecular flexibility index (Phi) is 5.05. The van der Waals surface area contributed by atoms with Crippen LogP contribution in [-0.2, 0) is 10.0 Å². The summed E-state index contributed by atoms with van der Waals surface area (Å²) in [5.74, 6) is -1.30. The Labute approximate surface area is 119 Å². The van der Waals surface area contributed by atoms with Gasteiger partial charge in [0, 0.05) is 11.0 Å². The van der Waals surface area contributed by atoms with Gasteiger partial charge in [0.05, 0.1) is 10.5 Å². The van der Waals surface area contributed by atoms with Crippen LogP contribution in [-0.4, -0.2) is 20.9 Å². The van der Waals surface area contributed by atoms with Crippen molar-refractivity contribution in [2.24, 2.45) is 11.1 Å².